The summed E-state index contributed by atoms with van der Waals surface area (Å²) in [6.45, 7) is 0. The fourth-order valence-electron chi connectivity index (χ4n) is 3.93. The fourth-order valence-corrected chi connectivity index (χ4v) is 4.19. The van der Waals surface area contributed by atoms with Crippen LogP contribution in [-0.2, 0) is 9.59 Å². The van der Waals surface area contributed by atoms with Crippen molar-refractivity contribution in [1.82, 2.24) is 0 Å². The van der Waals surface area contributed by atoms with E-state index in [0.29, 0.717) is 0 Å². The van der Waals surface area contributed by atoms with E-state index in [1.165, 1.54) is 18.2 Å². The molecule has 1 aromatic rings. The number of imide groups is 1. The lowest BCUT2D eigenvalue weighted by atomic mass is 9.85. The van der Waals surface area contributed by atoms with Crippen LogP contribution >= 0.6 is 11.6 Å². The van der Waals surface area contributed by atoms with Gasteiger partial charge in [-0.3, -0.25) is 19.7 Å². The van der Waals surface area contributed by atoms with Crippen LogP contribution in [0.15, 0.2) is 30.4 Å². The summed E-state index contributed by atoms with van der Waals surface area (Å²) >= 11 is 6.06. The van der Waals surface area contributed by atoms with Crippen molar-refractivity contribution in [3.05, 3.63) is 45.5 Å². The van der Waals surface area contributed by atoms with Gasteiger partial charge in [-0.15, -0.1) is 0 Å². The molecule has 2 aliphatic carbocycles. The molecule has 1 saturated heterocycles. The standard InChI is InChI=1S/C15H11ClN2O4/c16-10-6-9(18(21)22)3-4-11(10)17-14(19)12-7-1-2-8(5-7)13(12)15(17)20/h1-4,6-8,12-13H,5H2/t7-,8+,12-,13-/m0/s1. The van der Waals surface area contributed by atoms with E-state index < -0.39 is 4.92 Å². The summed E-state index contributed by atoms with van der Waals surface area (Å²) in [6, 6.07) is 3.79. The number of non-ortho nitro benzene ring substituents is 1. The Balaban J connectivity index is 1.74. The number of nitro groups is 1. The highest BCUT2D eigenvalue weighted by Gasteiger charge is 2.59. The molecule has 3 aliphatic rings. The maximum atomic E-state index is 12.6. The molecule has 0 aromatic heterocycles. The van der Waals surface area contributed by atoms with Crippen LogP contribution in [0, 0.1) is 33.8 Å². The second-order valence-corrected chi connectivity index (χ2v) is 6.31. The summed E-state index contributed by atoms with van der Waals surface area (Å²) in [7, 11) is 0. The maximum absolute atomic E-state index is 12.6. The number of benzene rings is 1. The van der Waals surface area contributed by atoms with Crippen molar-refractivity contribution in [1.29, 1.82) is 0 Å². The number of anilines is 1. The topological polar surface area (TPSA) is 80.5 Å². The lowest BCUT2D eigenvalue weighted by Crippen LogP contribution is -2.33. The van der Waals surface area contributed by atoms with Crippen LogP contribution in [-0.4, -0.2) is 16.7 Å². The van der Waals surface area contributed by atoms with Gasteiger partial charge in [-0.05, 0) is 24.3 Å². The minimum atomic E-state index is -0.567. The zero-order valence-corrected chi connectivity index (χ0v) is 12.1. The van der Waals surface area contributed by atoms with Crippen LogP contribution in [0.3, 0.4) is 0 Å². The van der Waals surface area contributed by atoms with Crippen LogP contribution in [0.2, 0.25) is 5.02 Å². The van der Waals surface area contributed by atoms with Crippen molar-refractivity contribution in [2.24, 2.45) is 23.7 Å². The zero-order valence-electron chi connectivity index (χ0n) is 11.3. The second kappa shape index (κ2) is 4.39. The smallest absolute Gasteiger partial charge is 0.271 e. The van der Waals surface area contributed by atoms with E-state index >= 15 is 0 Å². The van der Waals surface area contributed by atoms with Crippen LogP contribution in [0.25, 0.3) is 0 Å². The number of hydrogen-bond donors (Lipinski definition) is 0. The van der Waals surface area contributed by atoms with Gasteiger partial charge in [0.05, 0.1) is 27.5 Å². The molecule has 2 amide bonds. The summed E-state index contributed by atoms with van der Waals surface area (Å²) in [4.78, 5) is 36.6. The van der Waals surface area contributed by atoms with E-state index in [2.05, 4.69) is 0 Å². The Bertz CT molecular complexity index is 730. The Labute approximate surface area is 130 Å². The zero-order chi connectivity index (χ0) is 15.6. The first-order valence-electron chi connectivity index (χ1n) is 6.99. The SMILES string of the molecule is O=C1[C@@H]2[C@@H](C(=O)N1c1ccc([N+](=O)[O-])cc1Cl)[C@H]1C=C[C@@H]2C1. The highest BCUT2D eigenvalue weighted by atomic mass is 35.5. The quantitative estimate of drug-likeness (QED) is 0.363. The molecule has 4 atom stereocenters. The number of carbonyl (C=O) groups is 2. The molecule has 0 radical (unpaired) electrons. The van der Waals surface area contributed by atoms with Gasteiger partial charge in [0.15, 0.2) is 0 Å². The molecule has 1 aromatic carbocycles. The van der Waals surface area contributed by atoms with Crippen LogP contribution in [0.4, 0.5) is 11.4 Å². The second-order valence-electron chi connectivity index (χ2n) is 5.90. The number of allylic oxidation sites excluding steroid dienone is 2. The van der Waals surface area contributed by atoms with E-state index in [0.717, 1.165) is 11.3 Å². The number of nitro benzene ring substituents is 1. The minimum Gasteiger partial charge on any atom is -0.274 e. The molecule has 7 heteroatoms. The lowest BCUT2D eigenvalue weighted by molar-refractivity contribution is -0.384. The molecule has 1 aliphatic heterocycles. The highest BCUT2D eigenvalue weighted by Crippen LogP contribution is 2.53. The molecule has 1 heterocycles. The largest absolute Gasteiger partial charge is 0.274 e. The van der Waals surface area contributed by atoms with Crippen molar-refractivity contribution in [3.63, 3.8) is 0 Å². The summed E-state index contributed by atoms with van der Waals surface area (Å²) in [5.74, 6) is -0.880. The highest BCUT2D eigenvalue weighted by molar-refractivity contribution is 6.36. The molecule has 1 saturated carbocycles. The number of rotatable bonds is 2. The van der Waals surface area contributed by atoms with Gasteiger partial charge in [0, 0.05) is 12.1 Å². The van der Waals surface area contributed by atoms with Crippen LogP contribution in [0.1, 0.15) is 6.42 Å². The number of carbonyl (C=O) groups excluding carboxylic acids is 2. The first-order chi connectivity index (χ1) is 10.5. The maximum Gasteiger partial charge on any atom is 0.271 e. The predicted octanol–water partition coefficient (Wildman–Crippen LogP) is 2.56. The van der Waals surface area contributed by atoms with E-state index in [9.17, 15) is 19.7 Å². The molecule has 22 heavy (non-hydrogen) atoms. The van der Waals surface area contributed by atoms with E-state index in [1.54, 1.807) is 0 Å². The van der Waals surface area contributed by atoms with Crippen molar-refractivity contribution in [2.45, 2.75) is 6.42 Å². The van der Waals surface area contributed by atoms with Gasteiger partial charge < -0.3 is 0 Å². The molecule has 0 spiro atoms. The number of fused-ring (bicyclic) bond motifs is 5. The first kappa shape index (κ1) is 13.5. The van der Waals surface area contributed by atoms with Crippen LogP contribution in [0.5, 0.6) is 0 Å². The minimum absolute atomic E-state index is 0.0381. The first-order valence-corrected chi connectivity index (χ1v) is 7.37. The summed E-state index contributed by atoms with van der Waals surface area (Å²) in [5.41, 5.74) is 0.0610. The summed E-state index contributed by atoms with van der Waals surface area (Å²) in [6.07, 6.45) is 4.88. The Morgan fingerprint density at radius 2 is 1.73 bits per heavy atom. The fraction of sp³-hybridized carbons (Fsp3) is 0.333. The Morgan fingerprint density at radius 3 is 2.23 bits per heavy atom. The van der Waals surface area contributed by atoms with Gasteiger partial charge >= 0.3 is 0 Å². The van der Waals surface area contributed by atoms with Crippen LogP contribution < -0.4 is 4.90 Å². The van der Waals surface area contributed by atoms with Crippen molar-refractivity contribution in [3.8, 4) is 0 Å². The molecule has 0 unspecified atom stereocenters. The Kier molecular flexibility index (Phi) is 2.69. The Hall–Kier alpha value is -2.21. The monoisotopic (exact) mass is 318 g/mol. The molecule has 2 fully saturated rings. The van der Waals surface area contributed by atoms with Gasteiger partial charge in [0.2, 0.25) is 11.8 Å². The van der Waals surface area contributed by atoms with Crippen molar-refractivity contribution >= 4 is 34.8 Å². The lowest BCUT2D eigenvalue weighted by Gasteiger charge is -2.18. The Morgan fingerprint density at radius 1 is 1.14 bits per heavy atom. The third-order valence-electron chi connectivity index (χ3n) is 4.85. The third kappa shape index (κ3) is 1.61. The molecule has 4 rings (SSSR count). The molecule has 2 bridgehead atoms. The third-order valence-corrected chi connectivity index (χ3v) is 5.16. The van der Waals surface area contributed by atoms with E-state index in [-0.39, 0.29) is 51.9 Å². The van der Waals surface area contributed by atoms with Crippen molar-refractivity contribution in [2.75, 3.05) is 4.90 Å². The number of nitrogens with zero attached hydrogens (tertiary/aromatic N) is 2. The van der Waals surface area contributed by atoms with Gasteiger partial charge in [-0.2, -0.15) is 0 Å². The molecule has 0 N–H and O–H groups in total. The van der Waals surface area contributed by atoms with Crippen molar-refractivity contribution < 1.29 is 14.5 Å². The number of hydrogen-bond acceptors (Lipinski definition) is 4. The number of halogens is 1. The number of amides is 2. The average Bonchev–Trinajstić information content (AvgIpc) is 3.14. The van der Waals surface area contributed by atoms with Gasteiger partial charge in [-0.25, -0.2) is 4.90 Å². The van der Waals surface area contributed by atoms with Gasteiger partial charge in [-0.1, -0.05) is 23.8 Å². The molecular formula is C15H11ClN2O4. The summed E-state index contributed by atoms with van der Waals surface area (Å²) in [5, 5.41) is 10.8. The molecule has 6 nitrogen and oxygen atoms in total. The van der Waals surface area contributed by atoms with Gasteiger partial charge in [0.1, 0.15) is 0 Å². The summed E-state index contributed by atoms with van der Waals surface area (Å²) < 4.78 is 0. The van der Waals surface area contributed by atoms with Gasteiger partial charge in [0.25, 0.3) is 5.69 Å². The normalized spacial score (nSPS) is 32.0. The van der Waals surface area contributed by atoms with E-state index in [4.69, 9.17) is 11.6 Å². The average molecular weight is 319 g/mol. The molecule has 112 valence electrons. The molecular weight excluding hydrogens is 308 g/mol. The van der Waals surface area contributed by atoms with E-state index in [1.807, 2.05) is 12.2 Å². The predicted molar refractivity (Wildman–Crippen MR) is 78.3 cm³/mol.